The molecule has 3 N–H and O–H groups in total. The van der Waals surface area contributed by atoms with Gasteiger partial charge in [0.1, 0.15) is 28.5 Å². The highest BCUT2D eigenvalue weighted by atomic mass is 19.1. The van der Waals surface area contributed by atoms with E-state index in [0.717, 1.165) is 19.5 Å². The first-order valence-corrected chi connectivity index (χ1v) is 11.6. The lowest BCUT2D eigenvalue weighted by molar-refractivity contribution is -0.133. The van der Waals surface area contributed by atoms with Crippen LogP contribution in [0.15, 0.2) is 66.9 Å². The Hall–Kier alpha value is -4.47. The zero-order chi connectivity index (χ0) is 25.3. The van der Waals surface area contributed by atoms with Crippen LogP contribution in [0.5, 0.6) is 11.5 Å². The second-order valence-electron chi connectivity index (χ2n) is 8.81. The molecule has 0 spiro atoms. The molecule has 1 aromatic heterocycles. The number of benzene rings is 2. The van der Waals surface area contributed by atoms with Gasteiger partial charge in [-0.3, -0.25) is 19.8 Å². The summed E-state index contributed by atoms with van der Waals surface area (Å²) in [7, 11) is 0. The number of nitrogens with zero attached hydrogens (tertiary/aromatic N) is 3. The van der Waals surface area contributed by atoms with Crippen LogP contribution in [0.3, 0.4) is 0 Å². The summed E-state index contributed by atoms with van der Waals surface area (Å²) in [5, 5.41) is 2.75. The molecule has 2 aliphatic rings. The molecule has 9 nitrogen and oxygen atoms in total. The monoisotopic (exact) mass is 489 g/mol. The van der Waals surface area contributed by atoms with Gasteiger partial charge in [-0.2, -0.15) is 0 Å². The number of anilines is 3. The number of ether oxygens (including phenoxy) is 1. The van der Waals surface area contributed by atoms with Gasteiger partial charge in [-0.05, 0) is 73.9 Å². The van der Waals surface area contributed by atoms with Crippen LogP contribution in [0.25, 0.3) is 0 Å². The van der Waals surface area contributed by atoms with E-state index >= 15 is 0 Å². The topological polar surface area (TPSA) is 118 Å². The zero-order valence-corrected chi connectivity index (χ0v) is 19.3. The average Bonchev–Trinajstić information content (AvgIpc) is 3.63. The fourth-order valence-electron chi connectivity index (χ4n) is 3.93. The highest BCUT2D eigenvalue weighted by Gasteiger charge is 2.57. The van der Waals surface area contributed by atoms with Crippen molar-refractivity contribution in [3.8, 4) is 11.5 Å². The molecule has 1 aliphatic heterocycles. The lowest BCUT2D eigenvalue weighted by Gasteiger charge is -2.30. The molecule has 0 atom stereocenters. The van der Waals surface area contributed by atoms with Crippen molar-refractivity contribution >= 4 is 35.0 Å². The molecule has 4 amide bonds. The Balaban J connectivity index is 1.35. The van der Waals surface area contributed by atoms with Crippen molar-refractivity contribution in [3.05, 3.63) is 72.7 Å². The number of carbonyl (C=O) groups excluding carboxylic acids is 3. The number of carbonyl (C=O) groups is 3. The molecule has 1 saturated carbocycles. The molecule has 0 bridgehead atoms. The van der Waals surface area contributed by atoms with E-state index in [-0.39, 0.29) is 6.03 Å². The predicted molar refractivity (Wildman–Crippen MR) is 130 cm³/mol. The summed E-state index contributed by atoms with van der Waals surface area (Å²) >= 11 is 0. The smallest absolute Gasteiger partial charge is 0.323 e. The van der Waals surface area contributed by atoms with E-state index in [0.29, 0.717) is 41.5 Å². The van der Waals surface area contributed by atoms with Crippen molar-refractivity contribution in [2.45, 2.75) is 19.3 Å². The van der Waals surface area contributed by atoms with Crippen molar-refractivity contribution in [1.82, 2.24) is 9.88 Å². The Bertz CT molecular complexity index is 1300. The molecule has 10 heteroatoms. The molecular weight excluding hydrogens is 465 g/mol. The molecule has 3 aromatic rings. The molecule has 1 aliphatic carbocycles. The maximum atomic E-state index is 13.5. The van der Waals surface area contributed by atoms with E-state index in [9.17, 15) is 18.8 Å². The third-order valence-electron chi connectivity index (χ3n) is 6.36. The van der Waals surface area contributed by atoms with E-state index in [1.165, 1.54) is 35.4 Å². The summed E-state index contributed by atoms with van der Waals surface area (Å²) in [5.74, 6) is -0.249. The van der Waals surface area contributed by atoms with Gasteiger partial charge in [-0.15, -0.1) is 0 Å². The van der Waals surface area contributed by atoms with E-state index < -0.39 is 23.0 Å². The Morgan fingerprint density at radius 2 is 1.61 bits per heavy atom. The normalized spacial score (nSPS) is 15.4. The highest BCUT2D eigenvalue weighted by molar-refractivity contribution is 6.16. The number of hydrogen-bond donors (Lipinski definition) is 2. The molecule has 0 radical (unpaired) electrons. The lowest BCUT2D eigenvalue weighted by Crippen LogP contribution is -2.44. The summed E-state index contributed by atoms with van der Waals surface area (Å²) < 4.78 is 19.4. The maximum Gasteiger partial charge on any atom is 0.323 e. The number of nitrogens with one attached hydrogen (secondary N) is 1. The molecule has 184 valence electrons. The van der Waals surface area contributed by atoms with Crippen molar-refractivity contribution in [1.29, 1.82) is 0 Å². The van der Waals surface area contributed by atoms with Gasteiger partial charge in [0.15, 0.2) is 0 Å². The van der Waals surface area contributed by atoms with Crippen molar-refractivity contribution in [2.24, 2.45) is 11.1 Å². The third-order valence-corrected chi connectivity index (χ3v) is 6.36. The van der Waals surface area contributed by atoms with E-state index in [1.54, 1.807) is 41.3 Å². The van der Waals surface area contributed by atoms with Gasteiger partial charge < -0.3 is 15.4 Å². The number of aromatic nitrogens is 1. The Labute approximate surface area is 206 Å². The third kappa shape index (κ3) is 4.57. The number of halogens is 1. The quantitative estimate of drug-likeness (QED) is 0.483. The fraction of sp³-hybridized carbons (Fsp3) is 0.231. The number of urea groups is 1. The van der Waals surface area contributed by atoms with Crippen LogP contribution in [-0.2, 0) is 9.59 Å². The Morgan fingerprint density at radius 1 is 0.972 bits per heavy atom. The van der Waals surface area contributed by atoms with Crippen LogP contribution in [0.1, 0.15) is 19.3 Å². The molecule has 1 saturated heterocycles. The predicted octanol–water partition coefficient (Wildman–Crippen LogP) is 4.18. The van der Waals surface area contributed by atoms with Gasteiger partial charge in [-0.25, -0.2) is 14.2 Å². The van der Waals surface area contributed by atoms with Crippen LogP contribution >= 0.6 is 0 Å². The number of amides is 4. The molecule has 2 heterocycles. The molecule has 36 heavy (non-hydrogen) atoms. The van der Waals surface area contributed by atoms with Crippen molar-refractivity contribution in [3.63, 3.8) is 0 Å². The number of likely N-dealkylation sites (tertiary alicyclic amines) is 1. The molecule has 2 aromatic carbocycles. The van der Waals surface area contributed by atoms with Crippen LogP contribution in [0.4, 0.5) is 26.4 Å². The van der Waals surface area contributed by atoms with Gasteiger partial charge in [0.25, 0.3) is 0 Å². The largest absolute Gasteiger partial charge is 0.457 e. The molecule has 0 unspecified atom stereocenters. The molecule has 2 fully saturated rings. The number of rotatable bonds is 7. The minimum absolute atomic E-state index is 0.204. The average molecular weight is 490 g/mol. The Morgan fingerprint density at radius 3 is 2.17 bits per heavy atom. The minimum Gasteiger partial charge on any atom is -0.457 e. The number of primary amides is 1. The fourth-order valence-corrected chi connectivity index (χ4v) is 3.93. The second-order valence-corrected chi connectivity index (χ2v) is 8.81. The van der Waals surface area contributed by atoms with Crippen LogP contribution in [0, 0.1) is 11.2 Å². The van der Waals surface area contributed by atoms with E-state index in [4.69, 9.17) is 10.5 Å². The van der Waals surface area contributed by atoms with Gasteiger partial charge in [0, 0.05) is 36.7 Å². The van der Waals surface area contributed by atoms with Crippen LogP contribution in [0.2, 0.25) is 0 Å². The van der Waals surface area contributed by atoms with Gasteiger partial charge in [-0.1, -0.05) is 0 Å². The SMILES string of the molecule is NC(=O)C1(C(=O)N(c2ccc(F)cc2)c2ccc(Oc3ccnc(NC(=O)N4CCC4)c3)cc2)CC1. The summed E-state index contributed by atoms with van der Waals surface area (Å²) in [6.45, 7) is 1.46. The van der Waals surface area contributed by atoms with Gasteiger partial charge in [0.2, 0.25) is 11.8 Å². The Kier molecular flexibility index (Phi) is 6.01. The van der Waals surface area contributed by atoms with Gasteiger partial charge in [0.05, 0.1) is 0 Å². The standard InChI is InChI=1S/C26H24FN5O4/c27-17-2-4-18(5-3-17)32(24(34)26(11-12-26)23(28)33)19-6-8-20(9-7-19)36-21-10-13-29-22(16-21)30-25(35)31-14-1-15-31/h2-10,13,16H,1,11-12,14-15H2,(H2,28,33)(H,29,30,35). The number of hydrogen-bond acceptors (Lipinski definition) is 5. The van der Waals surface area contributed by atoms with E-state index in [1.807, 2.05) is 0 Å². The highest BCUT2D eigenvalue weighted by Crippen LogP contribution is 2.49. The summed E-state index contributed by atoms with van der Waals surface area (Å²) in [6.07, 6.45) is 3.27. The lowest BCUT2D eigenvalue weighted by atomic mass is 10.0. The van der Waals surface area contributed by atoms with E-state index in [2.05, 4.69) is 10.3 Å². The van der Waals surface area contributed by atoms with Gasteiger partial charge >= 0.3 is 6.03 Å². The number of nitrogens with two attached hydrogens (primary N) is 1. The first-order valence-electron chi connectivity index (χ1n) is 11.6. The van der Waals surface area contributed by atoms with Crippen molar-refractivity contribution < 1.29 is 23.5 Å². The zero-order valence-electron chi connectivity index (χ0n) is 19.3. The summed E-state index contributed by atoms with van der Waals surface area (Å²) in [5.41, 5.74) is 5.17. The first-order chi connectivity index (χ1) is 17.4. The second kappa shape index (κ2) is 9.29. The molecular formula is C26H24FN5O4. The van der Waals surface area contributed by atoms with Crippen LogP contribution in [-0.4, -0.2) is 40.8 Å². The summed E-state index contributed by atoms with van der Waals surface area (Å²) in [6, 6.07) is 15.2. The minimum atomic E-state index is -1.25. The van der Waals surface area contributed by atoms with Crippen molar-refractivity contribution in [2.75, 3.05) is 23.3 Å². The first kappa shape index (κ1) is 23.3. The van der Waals surface area contributed by atoms with Crippen LogP contribution < -0.4 is 20.7 Å². The molecule has 5 rings (SSSR count). The summed E-state index contributed by atoms with van der Waals surface area (Å²) in [4.78, 5) is 44.7. The maximum absolute atomic E-state index is 13.5. The number of pyridine rings is 1.